The fourth-order valence-electron chi connectivity index (χ4n) is 2.84. The lowest BCUT2D eigenvalue weighted by molar-refractivity contribution is 0.0569. The summed E-state index contributed by atoms with van der Waals surface area (Å²) in [5.41, 5.74) is 0.640. The molecule has 0 unspecified atom stereocenters. The predicted molar refractivity (Wildman–Crippen MR) is 92.9 cm³/mol. The van der Waals surface area contributed by atoms with Crippen molar-refractivity contribution in [2.45, 2.75) is 25.9 Å². The highest BCUT2D eigenvalue weighted by Gasteiger charge is 2.36. The van der Waals surface area contributed by atoms with Crippen molar-refractivity contribution < 1.29 is 18.5 Å². The number of carbonyl (C=O) groups is 1. The molecule has 0 radical (unpaired) electrons. The maximum Gasteiger partial charge on any atom is 0.253 e. The number of likely N-dealkylation sites (tertiary alicyclic amines) is 1. The second-order valence-electron chi connectivity index (χ2n) is 6.53. The maximum atomic E-state index is 12.5. The number of amides is 1. The van der Waals surface area contributed by atoms with Crippen LogP contribution >= 0.6 is 0 Å². The van der Waals surface area contributed by atoms with Crippen molar-refractivity contribution in [2.24, 2.45) is 0 Å². The van der Waals surface area contributed by atoms with Crippen LogP contribution in [-0.4, -0.2) is 40.1 Å². The van der Waals surface area contributed by atoms with E-state index < -0.39 is 0 Å². The number of nitrogens with zero attached hydrogens (tertiary/aromatic N) is 3. The zero-order valence-corrected chi connectivity index (χ0v) is 14.6. The molecule has 1 amide bonds. The summed E-state index contributed by atoms with van der Waals surface area (Å²) < 4.78 is 16.2. The Labute approximate surface area is 150 Å². The monoisotopic (exact) mass is 353 g/mol. The molecule has 3 heterocycles. The molecule has 0 aliphatic carbocycles. The van der Waals surface area contributed by atoms with Crippen LogP contribution in [0.1, 0.15) is 36.0 Å². The van der Waals surface area contributed by atoms with Gasteiger partial charge < -0.3 is 18.6 Å². The van der Waals surface area contributed by atoms with Gasteiger partial charge in [-0.2, -0.15) is 4.98 Å². The van der Waals surface area contributed by atoms with Crippen molar-refractivity contribution in [1.29, 1.82) is 0 Å². The first-order valence-corrected chi connectivity index (χ1v) is 8.53. The average Bonchev–Trinajstić information content (AvgIpc) is 3.25. The van der Waals surface area contributed by atoms with E-state index in [4.69, 9.17) is 13.7 Å². The van der Waals surface area contributed by atoms with Gasteiger partial charge in [-0.1, -0.05) is 5.16 Å². The van der Waals surface area contributed by atoms with Gasteiger partial charge in [-0.25, -0.2) is 0 Å². The van der Waals surface area contributed by atoms with E-state index in [0.29, 0.717) is 36.1 Å². The number of ether oxygens (including phenoxy) is 1. The molecule has 7 heteroatoms. The molecular weight excluding hydrogens is 334 g/mol. The van der Waals surface area contributed by atoms with Gasteiger partial charge in [0.25, 0.3) is 5.91 Å². The van der Waals surface area contributed by atoms with Crippen molar-refractivity contribution in [3.63, 3.8) is 0 Å². The number of furan rings is 1. The molecule has 1 saturated heterocycles. The van der Waals surface area contributed by atoms with Gasteiger partial charge in [-0.3, -0.25) is 4.79 Å². The molecule has 4 rings (SSSR count). The maximum absolute atomic E-state index is 12.5. The van der Waals surface area contributed by atoms with Crippen LogP contribution in [-0.2, 0) is 0 Å². The van der Waals surface area contributed by atoms with Gasteiger partial charge in [-0.15, -0.1) is 0 Å². The molecule has 1 aliphatic heterocycles. The van der Waals surface area contributed by atoms with E-state index in [1.54, 1.807) is 35.4 Å². The van der Waals surface area contributed by atoms with E-state index in [0.717, 1.165) is 5.75 Å². The Hall–Kier alpha value is -3.09. The van der Waals surface area contributed by atoms with Crippen LogP contribution in [0.25, 0.3) is 11.6 Å². The van der Waals surface area contributed by atoms with E-state index in [9.17, 15) is 4.79 Å². The predicted octanol–water partition coefficient (Wildman–Crippen LogP) is 3.36. The Morgan fingerprint density at radius 2 is 2.00 bits per heavy atom. The third kappa shape index (κ3) is 3.20. The number of hydrogen-bond donors (Lipinski definition) is 0. The number of aromatic nitrogens is 2. The first kappa shape index (κ1) is 16.4. The molecule has 2 aromatic heterocycles. The van der Waals surface area contributed by atoms with Crippen LogP contribution in [0.5, 0.6) is 5.75 Å². The highest BCUT2D eigenvalue weighted by Crippen LogP contribution is 2.29. The van der Waals surface area contributed by atoms with Crippen molar-refractivity contribution in [3.05, 3.63) is 54.1 Å². The highest BCUT2D eigenvalue weighted by molar-refractivity contribution is 5.95. The third-order valence-electron chi connectivity index (χ3n) is 4.17. The van der Waals surface area contributed by atoms with Crippen molar-refractivity contribution in [3.8, 4) is 17.3 Å². The van der Waals surface area contributed by atoms with Crippen LogP contribution < -0.4 is 4.74 Å². The summed E-state index contributed by atoms with van der Waals surface area (Å²) in [6, 6.07) is 10.8. The van der Waals surface area contributed by atoms with Crippen molar-refractivity contribution in [1.82, 2.24) is 15.0 Å². The molecule has 26 heavy (non-hydrogen) atoms. The number of benzene rings is 1. The smallest absolute Gasteiger partial charge is 0.253 e. The first-order valence-electron chi connectivity index (χ1n) is 8.53. The van der Waals surface area contributed by atoms with Gasteiger partial charge in [0.1, 0.15) is 5.75 Å². The normalized spacial score (nSPS) is 14.5. The summed E-state index contributed by atoms with van der Waals surface area (Å²) in [7, 11) is 0. The summed E-state index contributed by atoms with van der Waals surface area (Å²) in [6.07, 6.45) is 1.67. The minimum Gasteiger partial charge on any atom is -0.491 e. The van der Waals surface area contributed by atoms with Gasteiger partial charge in [0.2, 0.25) is 11.7 Å². The summed E-state index contributed by atoms with van der Waals surface area (Å²) in [6.45, 7) is 5.05. The molecule has 7 nitrogen and oxygen atoms in total. The Morgan fingerprint density at radius 3 is 2.65 bits per heavy atom. The Bertz CT molecular complexity index is 878. The first-order chi connectivity index (χ1) is 12.6. The molecule has 3 aromatic rings. The third-order valence-corrected chi connectivity index (χ3v) is 4.17. The standard InChI is InChI=1S/C19H19N3O4/c1-12(2)25-15-7-5-13(6-8-15)19(23)22-10-14(11-22)18-20-17(21-26-18)16-4-3-9-24-16/h3-9,12,14H,10-11H2,1-2H3. The SMILES string of the molecule is CC(C)Oc1ccc(C(=O)N2CC(c3nc(-c4ccco4)no3)C2)cc1. The van der Waals surface area contributed by atoms with E-state index >= 15 is 0 Å². The minimum atomic E-state index is -0.0110. The molecule has 0 atom stereocenters. The van der Waals surface area contributed by atoms with E-state index in [1.807, 2.05) is 26.0 Å². The fourth-order valence-corrected chi connectivity index (χ4v) is 2.84. The van der Waals surface area contributed by atoms with Crippen LogP contribution in [0.15, 0.2) is 51.6 Å². The summed E-state index contributed by atoms with van der Waals surface area (Å²) in [5.74, 6) is 2.32. The largest absolute Gasteiger partial charge is 0.491 e. The number of carbonyl (C=O) groups excluding carboxylic acids is 1. The highest BCUT2D eigenvalue weighted by atomic mass is 16.5. The second kappa shape index (κ2) is 6.67. The summed E-state index contributed by atoms with van der Waals surface area (Å²) in [4.78, 5) is 18.7. The van der Waals surface area contributed by atoms with Gasteiger partial charge in [-0.05, 0) is 50.2 Å². The van der Waals surface area contributed by atoms with E-state index in [2.05, 4.69) is 10.1 Å². The van der Waals surface area contributed by atoms with Crippen LogP contribution in [0.4, 0.5) is 0 Å². The average molecular weight is 353 g/mol. The van der Waals surface area contributed by atoms with Gasteiger partial charge in [0, 0.05) is 18.7 Å². The van der Waals surface area contributed by atoms with E-state index in [1.165, 1.54) is 0 Å². The quantitative estimate of drug-likeness (QED) is 0.699. The van der Waals surface area contributed by atoms with Gasteiger partial charge in [0.05, 0.1) is 18.3 Å². The van der Waals surface area contributed by atoms with Crippen LogP contribution in [0, 0.1) is 0 Å². The number of hydrogen-bond acceptors (Lipinski definition) is 6. The minimum absolute atomic E-state index is 0.0110. The molecule has 134 valence electrons. The molecule has 0 N–H and O–H groups in total. The van der Waals surface area contributed by atoms with Crippen LogP contribution in [0.3, 0.4) is 0 Å². The Balaban J connectivity index is 1.36. The molecule has 1 aliphatic rings. The summed E-state index contributed by atoms with van der Waals surface area (Å²) >= 11 is 0. The van der Waals surface area contributed by atoms with Crippen LogP contribution in [0.2, 0.25) is 0 Å². The summed E-state index contributed by atoms with van der Waals surface area (Å²) in [5, 5.41) is 3.93. The topological polar surface area (TPSA) is 81.6 Å². The van der Waals surface area contributed by atoms with E-state index in [-0.39, 0.29) is 17.9 Å². The molecule has 0 bridgehead atoms. The lowest BCUT2D eigenvalue weighted by Crippen LogP contribution is -2.48. The van der Waals surface area contributed by atoms with Gasteiger partial charge >= 0.3 is 0 Å². The van der Waals surface area contributed by atoms with Crippen molar-refractivity contribution >= 4 is 5.91 Å². The second-order valence-corrected chi connectivity index (χ2v) is 6.53. The fraction of sp³-hybridized carbons (Fsp3) is 0.316. The lowest BCUT2D eigenvalue weighted by Gasteiger charge is -2.37. The Morgan fingerprint density at radius 1 is 1.23 bits per heavy atom. The molecular formula is C19H19N3O4. The zero-order valence-electron chi connectivity index (χ0n) is 14.6. The Kier molecular flexibility index (Phi) is 4.20. The zero-order chi connectivity index (χ0) is 18.1. The van der Waals surface area contributed by atoms with Crippen molar-refractivity contribution in [2.75, 3.05) is 13.1 Å². The number of rotatable bonds is 5. The van der Waals surface area contributed by atoms with Gasteiger partial charge in [0.15, 0.2) is 5.76 Å². The lowest BCUT2D eigenvalue weighted by atomic mass is 9.98. The molecule has 0 saturated carbocycles. The molecule has 1 aromatic carbocycles. The molecule has 0 spiro atoms. The molecule has 1 fully saturated rings.